The zero-order valence-electron chi connectivity index (χ0n) is 11.3. The van der Waals surface area contributed by atoms with Crippen LogP contribution in [0.4, 0.5) is 22.0 Å². The molecular formula is C13H5ClF5N3O2. The van der Waals surface area contributed by atoms with Gasteiger partial charge in [0.1, 0.15) is 11.2 Å². The van der Waals surface area contributed by atoms with Crippen LogP contribution in [0.5, 0.6) is 0 Å². The molecule has 11 heteroatoms. The molecule has 1 aromatic carbocycles. The first-order valence-corrected chi connectivity index (χ1v) is 6.60. The maximum Gasteiger partial charge on any atom is 0.418 e. The Hall–Kier alpha value is -2.49. The van der Waals surface area contributed by atoms with Crippen molar-refractivity contribution in [2.24, 2.45) is 0 Å². The molecule has 0 unspecified atom stereocenters. The predicted octanol–water partition coefficient (Wildman–Crippen LogP) is 4.19. The lowest BCUT2D eigenvalue weighted by molar-refractivity contribution is -0.136. The fourth-order valence-corrected chi connectivity index (χ4v) is 2.35. The highest BCUT2D eigenvalue weighted by molar-refractivity contribution is 6.30. The maximum atomic E-state index is 13.0. The Morgan fingerprint density at radius 2 is 1.96 bits per heavy atom. The van der Waals surface area contributed by atoms with Crippen molar-refractivity contribution in [2.75, 3.05) is 0 Å². The number of hydrogen-bond donors (Lipinski definition) is 1. The van der Waals surface area contributed by atoms with Crippen LogP contribution in [0.1, 0.15) is 17.7 Å². The number of hydrogen-bond acceptors (Lipinski definition) is 4. The Morgan fingerprint density at radius 3 is 2.54 bits per heavy atom. The number of alkyl halides is 5. The molecule has 0 saturated carbocycles. The third-order valence-electron chi connectivity index (χ3n) is 3.12. The van der Waals surface area contributed by atoms with Crippen molar-refractivity contribution >= 4 is 22.7 Å². The standard InChI is InChI=1S/C13H5ClF5N3O2/c14-10-8(11(15)16)20-3-6(21-10)4-1-2-5(13(17,18)19)7-9(4)24-12(23)22-7/h1-3,11H,(H,22,23). The lowest BCUT2D eigenvalue weighted by atomic mass is 10.1. The molecule has 0 saturated heterocycles. The summed E-state index contributed by atoms with van der Waals surface area (Å²) in [5.74, 6) is -1.11. The molecule has 0 aliphatic carbocycles. The third-order valence-corrected chi connectivity index (χ3v) is 3.40. The molecular weight excluding hydrogens is 361 g/mol. The molecule has 5 nitrogen and oxygen atoms in total. The summed E-state index contributed by atoms with van der Waals surface area (Å²) in [6.07, 6.45) is -6.79. The Morgan fingerprint density at radius 1 is 1.25 bits per heavy atom. The molecule has 24 heavy (non-hydrogen) atoms. The predicted molar refractivity (Wildman–Crippen MR) is 72.8 cm³/mol. The molecule has 0 aliphatic heterocycles. The van der Waals surface area contributed by atoms with E-state index >= 15 is 0 Å². The highest BCUT2D eigenvalue weighted by atomic mass is 35.5. The van der Waals surface area contributed by atoms with Gasteiger partial charge in [-0.1, -0.05) is 11.6 Å². The van der Waals surface area contributed by atoms with E-state index in [1.807, 2.05) is 4.98 Å². The first kappa shape index (κ1) is 16.4. The van der Waals surface area contributed by atoms with Crippen LogP contribution in [0.2, 0.25) is 5.15 Å². The molecule has 0 bridgehead atoms. The zero-order chi connectivity index (χ0) is 17.6. The molecule has 0 aliphatic rings. The van der Waals surface area contributed by atoms with E-state index in [1.54, 1.807) is 0 Å². The van der Waals surface area contributed by atoms with Gasteiger partial charge in [-0.05, 0) is 12.1 Å². The summed E-state index contributed by atoms with van der Waals surface area (Å²) < 4.78 is 68.9. The number of aromatic amines is 1. The van der Waals surface area contributed by atoms with Crippen LogP contribution >= 0.6 is 11.6 Å². The molecule has 0 fully saturated rings. The largest absolute Gasteiger partial charge is 0.418 e. The Balaban J connectivity index is 2.25. The zero-order valence-corrected chi connectivity index (χ0v) is 12.0. The second-order valence-electron chi connectivity index (χ2n) is 4.61. The van der Waals surface area contributed by atoms with E-state index in [2.05, 4.69) is 9.97 Å². The molecule has 3 aromatic rings. The van der Waals surface area contributed by atoms with Gasteiger partial charge in [0.2, 0.25) is 0 Å². The maximum absolute atomic E-state index is 13.0. The van der Waals surface area contributed by atoms with Gasteiger partial charge in [-0.15, -0.1) is 0 Å². The average molecular weight is 366 g/mol. The lowest BCUT2D eigenvalue weighted by Crippen LogP contribution is -2.07. The van der Waals surface area contributed by atoms with Gasteiger partial charge in [0.05, 0.1) is 17.5 Å². The fourth-order valence-electron chi connectivity index (χ4n) is 2.12. The summed E-state index contributed by atoms with van der Waals surface area (Å²) in [5, 5.41) is -0.603. The fraction of sp³-hybridized carbons (Fsp3) is 0.154. The van der Waals surface area contributed by atoms with Crippen LogP contribution in [0, 0.1) is 0 Å². The number of fused-ring (bicyclic) bond motifs is 1. The van der Waals surface area contributed by atoms with Crippen molar-refractivity contribution in [3.63, 3.8) is 0 Å². The minimum Gasteiger partial charge on any atom is -0.407 e. The topological polar surface area (TPSA) is 71.8 Å². The van der Waals surface area contributed by atoms with Crippen LogP contribution in [0.15, 0.2) is 27.5 Å². The number of rotatable bonds is 2. The number of benzene rings is 1. The smallest absolute Gasteiger partial charge is 0.407 e. The van der Waals surface area contributed by atoms with Gasteiger partial charge in [-0.3, -0.25) is 4.98 Å². The minimum atomic E-state index is -4.73. The Kier molecular flexibility index (Phi) is 3.78. The molecule has 2 heterocycles. The molecule has 0 radical (unpaired) electrons. The van der Waals surface area contributed by atoms with E-state index in [-0.39, 0.29) is 11.3 Å². The summed E-state index contributed by atoms with van der Waals surface area (Å²) in [5.41, 5.74) is -3.06. The van der Waals surface area contributed by atoms with E-state index in [0.717, 1.165) is 12.3 Å². The summed E-state index contributed by atoms with van der Waals surface area (Å²) in [4.78, 5) is 20.4. The number of oxazole rings is 1. The van der Waals surface area contributed by atoms with Crippen LogP contribution in [-0.4, -0.2) is 15.0 Å². The minimum absolute atomic E-state index is 0.0495. The summed E-state index contributed by atoms with van der Waals surface area (Å²) >= 11 is 5.60. The van der Waals surface area contributed by atoms with E-state index in [0.29, 0.717) is 6.07 Å². The third kappa shape index (κ3) is 2.73. The molecule has 1 N–H and O–H groups in total. The summed E-state index contributed by atoms with van der Waals surface area (Å²) in [6.45, 7) is 0. The number of nitrogens with zero attached hydrogens (tertiary/aromatic N) is 2. The van der Waals surface area contributed by atoms with Crippen molar-refractivity contribution in [3.05, 3.63) is 45.3 Å². The van der Waals surface area contributed by atoms with Crippen LogP contribution < -0.4 is 5.76 Å². The Labute approximate surface area is 134 Å². The van der Waals surface area contributed by atoms with Crippen LogP contribution in [-0.2, 0) is 6.18 Å². The normalized spacial score (nSPS) is 12.3. The van der Waals surface area contributed by atoms with Crippen molar-refractivity contribution in [1.82, 2.24) is 15.0 Å². The van der Waals surface area contributed by atoms with Crippen molar-refractivity contribution in [3.8, 4) is 11.3 Å². The second kappa shape index (κ2) is 5.55. The second-order valence-corrected chi connectivity index (χ2v) is 4.97. The summed E-state index contributed by atoms with van der Waals surface area (Å²) in [6, 6.07) is 1.70. The lowest BCUT2D eigenvalue weighted by Gasteiger charge is -2.09. The highest BCUT2D eigenvalue weighted by Gasteiger charge is 2.35. The van der Waals surface area contributed by atoms with Gasteiger partial charge in [0, 0.05) is 5.56 Å². The first-order chi connectivity index (χ1) is 11.2. The van der Waals surface area contributed by atoms with Crippen LogP contribution in [0.3, 0.4) is 0 Å². The molecule has 126 valence electrons. The Bertz CT molecular complexity index is 980. The van der Waals surface area contributed by atoms with E-state index in [4.69, 9.17) is 16.0 Å². The van der Waals surface area contributed by atoms with Gasteiger partial charge in [0.25, 0.3) is 6.43 Å². The van der Waals surface area contributed by atoms with Gasteiger partial charge in [0.15, 0.2) is 10.7 Å². The molecule has 0 atom stereocenters. The van der Waals surface area contributed by atoms with Gasteiger partial charge < -0.3 is 4.42 Å². The number of aromatic nitrogens is 3. The number of H-pyrrole nitrogens is 1. The molecule has 3 rings (SSSR count). The van der Waals surface area contributed by atoms with Gasteiger partial charge in [-0.2, -0.15) is 13.2 Å². The van der Waals surface area contributed by atoms with E-state index in [1.165, 1.54) is 0 Å². The molecule has 0 amide bonds. The van der Waals surface area contributed by atoms with Crippen molar-refractivity contribution < 1.29 is 26.4 Å². The first-order valence-electron chi connectivity index (χ1n) is 6.22. The SMILES string of the molecule is O=c1[nH]c2c(C(F)(F)F)ccc(-c3cnc(C(F)F)c(Cl)n3)c2o1. The highest BCUT2D eigenvalue weighted by Crippen LogP contribution is 2.37. The molecule has 2 aromatic heterocycles. The van der Waals surface area contributed by atoms with Gasteiger partial charge >= 0.3 is 11.9 Å². The van der Waals surface area contributed by atoms with Crippen LogP contribution in [0.25, 0.3) is 22.4 Å². The summed E-state index contributed by atoms with van der Waals surface area (Å²) in [7, 11) is 0. The van der Waals surface area contributed by atoms with E-state index < -0.39 is 45.9 Å². The van der Waals surface area contributed by atoms with E-state index in [9.17, 15) is 26.7 Å². The molecule has 0 spiro atoms. The quantitative estimate of drug-likeness (QED) is 0.691. The average Bonchev–Trinajstić information content (AvgIpc) is 2.85. The number of halogens is 6. The monoisotopic (exact) mass is 365 g/mol. The van der Waals surface area contributed by atoms with Gasteiger partial charge in [-0.25, -0.2) is 23.5 Å². The number of nitrogens with one attached hydrogen (secondary N) is 1. The van der Waals surface area contributed by atoms with Crippen molar-refractivity contribution in [2.45, 2.75) is 12.6 Å². The van der Waals surface area contributed by atoms with Crippen molar-refractivity contribution in [1.29, 1.82) is 0 Å².